The molecule has 1 aliphatic rings. The van der Waals surface area contributed by atoms with E-state index in [1.165, 1.54) is 193 Å². The molecule has 0 spiro atoms. The first-order valence-electron chi connectivity index (χ1n) is 33.3. The molecule has 1 fully saturated rings. The summed E-state index contributed by atoms with van der Waals surface area (Å²) in [6, 6.07) is -1.02. The lowest BCUT2D eigenvalue weighted by Crippen LogP contribution is -2.61. The largest absolute Gasteiger partial charge is 0.454 e. The molecule has 78 heavy (non-hydrogen) atoms. The average molecular weight is 1100 g/mol. The maximum atomic E-state index is 13.4. The highest BCUT2D eigenvalue weighted by Gasteiger charge is 2.47. The van der Waals surface area contributed by atoms with Crippen molar-refractivity contribution in [3.63, 3.8) is 0 Å². The first-order chi connectivity index (χ1) is 38.2. The molecule has 1 amide bonds. The minimum atomic E-state index is -1.61. The highest BCUT2D eigenvalue weighted by molar-refractivity contribution is 5.80. The van der Waals surface area contributed by atoms with Crippen molar-refractivity contribution < 1.29 is 49.3 Å². The number of unbranched alkanes of at least 4 members (excludes halogenated alkanes) is 39. The minimum Gasteiger partial charge on any atom is -0.454 e. The monoisotopic (exact) mass is 1100 g/mol. The summed E-state index contributed by atoms with van der Waals surface area (Å²) in [7, 11) is 0. The van der Waals surface area contributed by atoms with E-state index in [-0.39, 0.29) is 13.0 Å². The molecule has 0 aromatic rings. The van der Waals surface area contributed by atoms with E-state index < -0.39 is 67.4 Å². The molecule has 0 aromatic carbocycles. The summed E-state index contributed by atoms with van der Waals surface area (Å²) in [5, 5.41) is 57.0. The molecule has 0 saturated carbocycles. The van der Waals surface area contributed by atoms with Crippen molar-refractivity contribution in [2.45, 2.75) is 365 Å². The zero-order valence-corrected chi connectivity index (χ0v) is 50.8. The molecule has 458 valence electrons. The lowest BCUT2D eigenvalue weighted by Gasteiger charge is -2.41. The lowest BCUT2D eigenvalue weighted by atomic mass is 9.99. The van der Waals surface area contributed by atoms with E-state index >= 15 is 0 Å². The number of carbonyl (C=O) groups is 2. The van der Waals surface area contributed by atoms with Crippen molar-refractivity contribution >= 4 is 11.9 Å². The van der Waals surface area contributed by atoms with Gasteiger partial charge in [0.2, 0.25) is 5.91 Å². The number of carbonyl (C=O) groups excluding carboxylic acids is 2. The van der Waals surface area contributed by atoms with Gasteiger partial charge in [0.25, 0.3) is 0 Å². The molecule has 8 atom stereocenters. The first-order valence-corrected chi connectivity index (χ1v) is 33.3. The standard InChI is InChI=1S/C67H125NO10/c1-4-7-10-13-16-19-22-24-25-26-27-28-29-30-31-32-33-34-35-36-37-40-42-45-48-51-54-60(71)66(75)68-58(59(70)53-50-47-44-41-39-23-20-17-14-11-8-5-2)57-76-67-65(64(74)63(73)61(56-69)77-67)78-62(72)55-52-49-46-43-38-21-18-15-12-9-6-3/h15,18,24-25,50,53,58-61,63-65,67,69-71,73-74H,4-14,16-17,19-23,26-49,51-52,54-57H2,1-3H3,(H,68,75)/b18-15-,25-24+,53-50+. The molecule has 0 bridgehead atoms. The number of rotatable bonds is 57. The Hall–Kier alpha value is -2.12. The summed E-state index contributed by atoms with van der Waals surface area (Å²) >= 11 is 0. The third-order valence-corrected chi connectivity index (χ3v) is 15.8. The first kappa shape index (κ1) is 73.9. The molecule has 1 saturated heterocycles. The second-order valence-electron chi connectivity index (χ2n) is 23.2. The fourth-order valence-electron chi connectivity index (χ4n) is 10.5. The van der Waals surface area contributed by atoms with Crippen molar-refractivity contribution in [3.05, 3.63) is 36.5 Å². The van der Waals surface area contributed by atoms with Crippen LogP contribution < -0.4 is 5.32 Å². The van der Waals surface area contributed by atoms with Crippen LogP contribution in [0.1, 0.15) is 316 Å². The number of nitrogens with one attached hydrogen (secondary N) is 1. The van der Waals surface area contributed by atoms with Crippen molar-refractivity contribution in [1.29, 1.82) is 0 Å². The Labute approximate surface area is 479 Å². The number of amides is 1. The molecular weight excluding hydrogens is 979 g/mol. The van der Waals surface area contributed by atoms with Crippen LogP contribution in [0.4, 0.5) is 0 Å². The van der Waals surface area contributed by atoms with Gasteiger partial charge in [0.15, 0.2) is 12.4 Å². The lowest BCUT2D eigenvalue weighted by molar-refractivity contribution is -0.305. The predicted molar refractivity (Wildman–Crippen MR) is 324 cm³/mol. The second kappa shape index (κ2) is 55.4. The number of allylic oxidation sites excluding steroid dienone is 5. The average Bonchev–Trinajstić information content (AvgIpc) is 3.46. The molecule has 1 rings (SSSR count). The molecule has 0 aliphatic carbocycles. The van der Waals surface area contributed by atoms with Gasteiger partial charge < -0.3 is 45.1 Å². The zero-order valence-electron chi connectivity index (χ0n) is 50.8. The van der Waals surface area contributed by atoms with E-state index in [4.69, 9.17) is 14.2 Å². The van der Waals surface area contributed by atoms with E-state index in [1.54, 1.807) is 6.08 Å². The van der Waals surface area contributed by atoms with Crippen molar-refractivity contribution in [3.8, 4) is 0 Å². The van der Waals surface area contributed by atoms with Gasteiger partial charge >= 0.3 is 5.97 Å². The molecular formula is C67H125NO10. The van der Waals surface area contributed by atoms with Crippen LogP contribution in [0.25, 0.3) is 0 Å². The van der Waals surface area contributed by atoms with Gasteiger partial charge in [-0.3, -0.25) is 9.59 Å². The molecule has 0 aromatic heterocycles. The number of esters is 1. The maximum Gasteiger partial charge on any atom is 0.306 e. The Kier molecular flexibility index (Phi) is 52.5. The van der Waals surface area contributed by atoms with Crippen LogP contribution in [0.5, 0.6) is 0 Å². The van der Waals surface area contributed by atoms with E-state index in [9.17, 15) is 35.1 Å². The molecule has 0 radical (unpaired) electrons. The van der Waals surface area contributed by atoms with Crippen molar-refractivity contribution in [1.82, 2.24) is 5.32 Å². The topological polar surface area (TPSA) is 175 Å². The van der Waals surface area contributed by atoms with E-state index in [0.717, 1.165) is 77.0 Å². The minimum absolute atomic E-state index is 0.115. The number of hydrogen-bond donors (Lipinski definition) is 6. The van der Waals surface area contributed by atoms with E-state index in [1.807, 2.05) is 6.08 Å². The number of aliphatic hydroxyl groups excluding tert-OH is 5. The van der Waals surface area contributed by atoms with Gasteiger partial charge in [0, 0.05) is 6.42 Å². The number of aliphatic hydroxyl groups is 5. The highest BCUT2D eigenvalue weighted by Crippen LogP contribution is 2.26. The molecule has 11 nitrogen and oxygen atoms in total. The summed E-state index contributed by atoms with van der Waals surface area (Å²) in [6.45, 7) is 5.76. The van der Waals surface area contributed by atoms with Gasteiger partial charge in [-0.05, 0) is 70.6 Å². The predicted octanol–water partition coefficient (Wildman–Crippen LogP) is 16.2. The molecule has 11 heteroatoms. The summed E-state index contributed by atoms with van der Waals surface area (Å²) in [5.41, 5.74) is 0. The Morgan fingerprint density at radius 3 is 1.28 bits per heavy atom. The van der Waals surface area contributed by atoms with Gasteiger partial charge in [-0.2, -0.15) is 0 Å². The molecule has 6 N–H and O–H groups in total. The Balaban J connectivity index is 2.54. The van der Waals surface area contributed by atoms with Crippen molar-refractivity contribution in [2.24, 2.45) is 0 Å². The van der Waals surface area contributed by atoms with Gasteiger partial charge in [-0.1, -0.05) is 276 Å². The molecule has 1 aliphatic heterocycles. The highest BCUT2D eigenvalue weighted by atomic mass is 16.7. The van der Waals surface area contributed by atoms with Gasteiger partial charge in [0.1, 0.15) is 24.4 Å². The Bertz CT molecular complexity index is 1410. The van der Waals surface area contributed by atoms with Crippen LogP contribution in [0, 0.1) is 0 Å². The van der Waals surface area contributed by atoms with E-state index in [0.29, 0.717) is 19.3 Å². The Morgan fingerprint density at radius 1 is 0.487 bits per heavy atom. The van der Waals surface area contributed by atoms with Gasteiger partial charge in [-0.25, -0.2) is 0 Å². The van der Waals surface area contributed by atoms with Crippen molar-refractivity contribution in [2.75, 3.05) is 13.2 Å². The van der Waals surface area contributed by atoms with Crippen LogP contribution in [-0.4, -0.2) is 99.6 Å². The normalized spacial score (nSPS) is 19.1. The third kappa shape index (κ3) is 42.7. The molecule has 1 heterocycles. The number of hydrogen-bond acceptors (Lipinski definition) is 10. The summed E-state index contributed by atoms with van der Waals surface area (Å²) in [6.07, 6.45) is 56.4. The quantitative estimate of drug-likeness (QED) is 0.0195. The summed E-state index contributed by atoms with van der Waals surface area (Å²) in [4.78, 5) is 26.5. The Morgan fingerprint density at radius 2 is 0.859 bits per heavy atom. The SMILES string of the molecule is CCCC/C=C\CCCCCCCC(=O)OC1C(OCC(NC(=O)C(O)CCCCCCCCCCCCCCCCCC/C=C/CCCCCCCC)C(O)/C=C/CCCCCCCCCCCC)OC(CO)C(O)C1O. The van der Waals surface area contributed by atoms with Crippen LogP contribution in [-0.2, 0) is 23.8 Å². The fraction of sp³-hybridized carbons (Fsp3) is 0.881. The summed E-state index contributed by atoms with van der Waals surface area (Å²) in [5.74, 6) is -1.19. The zero-order chi connectivity index (χ0) is 56.8. The summed E-state index contributed by atoms with van der Waals surface area (Å²) < 4.78 is 17.6. The van der Waals surface area contributed by atoms with E-state index in [2.05, 4.69) is 50.4 Å². The smallest absolute Gasteiger partial charge is 0.306 e. The van der Waals surface area contributed by atoms with Crippen LogP contribution >= 0.6 is 0 Å². The second-order valence-corrected chi connectivity index (χ2v) is 23.2. The van der Waals surface area contributed by atoms with Gasteiger partial charge in [0.05, 0.1) is 25.4 Å². The molecule has 8 unspecified atom stereocenters. The van der Waals surface area contributed by atoms with Crippen LogP contribution in [0.2, 0.25) is 0 Å². The number of ether oxygens (including phenoxy) is 3. The van der Waals surface area contributed by atoms with Gasteiger partial charge in [-0.15, -0.1) is 0 Å². The van der Waals surface area contributed by atoms with Crippen LogP contribution in [0.3, 0.4) is 0 Å². The fourth-order valence-corrected chi connectivity index (χ4v) is 10.5. The maximum absolute atomic E-state index is 13.4. The third-order valence-electron chi connectivity index (χ3n) is 15.8. The van der Waals surface area contributed by atoms with Crippen LogP contribution in [0.15, 0.2) is 36.5 Å².